The molecule has 0 heterocycles. The van der Waals surface area contributed by atoms with Crippen LogP contribution in [0.5, 0.6) is 0 Å². The third-order valence-corrected chi connectivity index (χ3v) is 12.0. The Morgan fingerprint density at radius 3 is 0.907 bits per heavy atom. The van der Waals surface area contributed by atoms with Crippen LogP contribution in [0.1, 0.15) is 239 Å². The van der Waals surface area contributed by atoms with Gasteiger partial charge < -0.3 is 14.2 Å². The molecule has 0 saturated heterocycles. The van der Waals surface area contributed by atoms with Gasteiger partial charge in [-0.05, 0) is 135 Å². The van der Waals surface area contributed by atoms with Crippen molar-refractivity contribution in [3.8, 4) is 0 Å². The van der Waals surface area contributed by atoms with Gasteiger partial charge in [0.25, 0.3) is 0 Å². The molecule has 0 amide bonds. The Kier molecular flexibility index (Phi) is 57.5. The zero-order valence-electron chi connectivity index (χ0n) is 48.0. The molecule has 0 rings (SSSR count). The highest BCUT2D eigenvalue weighted by atomic mass is 16.6. The molecule has 0 saturated carbocycles. The van der Waals surface area contributed by atoms with E-state index in [1.807, 2.05) is 12.2 Å². The second kappa shape index (κ2) is 61.6. The van der Waals surface area contributed by atoms with Gasteiger partial charge in [-0.15, -0.1) is 0 Å². The third kappa shape index (κ3) is 59.8. The number of hydrogen-bond donors (Lipinski definition) is 0. The van der Waals surface area contributed by atoms with E-state index in [1.54, 1.807) is 0 Å². The highest BCUT2D eigenvalue weighted by Crippen LogP contribution is 2.13. The monoisotopic (exact) mass is 1030 g/mol. The average Bonchev–Trinajstić information content (AvgIpc) is 3.41. The number of carbonyl (C=O) groups is 3. The molecule has 420 valence electrons. The summed E-state index contributed by atoms with van der Waals surface area (Å²) in [6.45, 7) is 6.28. The molecule has 0 aliphatic heterocycles. The van der Waals surface area contributed by atoms with Gasteiger partial charge in [-0.3, -0.25) is 14.4 Å². The molecule has 6 nitrogen and oxygen atoms in total. The first-order valence-corrected chi connectivity index (χ1v) is 30.0. The first-order valence-electron chi connectivity index (χ1n) is 30.0. The Morgan fingerprint density at radius 2 is 0.547 bits per heavy atom. The van der Waals surface area contributed by atoms with Gasteiger partial charge in [0.05, 0.1) is 0 Å². The molecule has 75 heavy (non-hydrogen) atoms. The fraction of sp³-hybridized carbons (Fsp3) is 0.580. The van der Waals surface area contributed by atoms with Crippen molar-refractivity contribution in [1.82, 2.24) is 0 Å². The molecule has 0 aromatic carbocycles. The summed E-state index contributed by atoms with van der Waals surface area (Å²) in [7, 11) is 0. The highest BCUT2D eigenvalue weighted by molar-refractivity contribution is 5.71. The topological polar surface area (TPSA) is 78.9 Å². The summed E-state index contributed by atoms with van der Waals surface area (Å²) in [5.41, 5.74) is 0. The molecule has 1 unspecified atom stereocenters. The molecule has 0 radical (unpaired) electrons. The van der Waals surface area contributed by atoms with Gasteiger partial charge >= 0.3 is 17.9 Å². The van der Waals surface area contributed by atoms with Crippen LogP contribution in [0.2, 0.25) is 0 Å². The predicted octanol–water partition coefficient (Wildman–Crippen LogP) is 20.5. The van der Waals surface area contributed by atoms with Gasteiger partial charge in [0, 0.05) is 19.3 Å². The minimum absolute atomic E-state index is 0.124. The summed E-state index contributed by atoms with van der Waals surface area (Å²) >= 11 is 0. The maximum Gasteiger partial charge on any atom is 0.306 e. The number of rotatable bonds is 52. The molecule has 0 N–H and O–H groups in total. The molecular weight excluding hydrogens is 925 g/mol. The van der Waals surface area contributed by atoms with E-state index in [2.05, 4.69) is 167 Å². The summed E-state index contributed by atoms with van der Waals surface area (Å²) in [6.07, 6.45) is 89.6. The van der Waals surface area contributed by atoms with Crippen LogP contribution >= 0.6 is 0 Å². The lowest BCUT2D eigenvalue weighted by molar-refractivity contribution is -0.166. The molecule has 0 fully saturated rings. The van der Waals surface area contributed by atoms with Gasteiger partial charge in [-0.1, -0.05) is 243 Å². The largest absolute Gasteiger partial charge is 0.462 e. The molecule has 0 bridgehead atoms. The van der Waals surface area contributed by atoms with Crippen LogP contribution in [0.15, 0.2) is 158 Å². The molecule has 0 spiro atoms. The van der Waals surface area contributed by atoms with Crippen LogP contribution in [0, 0.1) is 0 Å². The Balaban J connectivity index is 4.59. The lowest BCUT2D eigenvalue weighted by atomic mass is 10.1. The molecular formula is C69H108O6. The van der Waals surface area contributed by atoms with E-state index >= 15 is 0 Å². The molecule has 0 aliphatic rings. The zero-order chi connectivity index (χ0) is 54.3. The van der Waals surface area contributed by atoms with E-state index in [-0.39, 0.29) is 44.0 Å². The number of esters is 3. The van der Waals surface area contributed by atoms with Gasteiger partial charge in [-0.25, -0.2) is 0 Å². The lowest BCUT2D eigenvalue weighted by Gasteiger charge is -2.18. The predicted molar refractivity (Wildman–Crippen MR) is 325 cm³/mol. The van der Waals surface area contributed by atoms with Crippen molar-refractivity contribution in [2.75, 3.05) is 13.2 Å². The van der Waals surface area contributed by atoms with Crippen LogP contribution < -0.4 is 0 Å². The third-order valence-electron chi connectivity index (χ3n) is 12.0. The Labute approximate surface area is 460 Å². The van der Waals surface area contributed by atoms with Crippen LogP contribution in [0.4, 0.5) is 0 Å². The van der Waals surface area contributed by atoms with Crippen LogP contribution in [-0.2, 0) is 28.6 Å². The van der Waals surface area contributed by atoms with E-state index in [0.717, 1.165) is 116 Å². The number of hydrogen-bond acceptors (Lipinski definition) is 6. The Bertz CT molecular complexity index is 1710. The molecule has 0 aromatic heterocycles. The van der Waals surface area contributed by atoms with Crippen LogP contribution in [0.25, 0.3) is 0 Å². The molecule has 6 heteroatoms. The average molecular weight is 1030 g/mol. The van der Waals surface area contributed by atoms with E-state index in [1.165, 1.54) is 70.6 Å². The summed E-state index contributed by atoms with van der Waals surface area (Å²) in [5.74, 6) is -1.05. The van der Waals surface area contributed by atoms with E-state index < -0.39 is 6.10 Å². The maximum absolute atomic E-state index is 12.9. The SMILES string of the molecule is CC/C=C\C/C=C\C/C=C\C/C=C\C/C=C\C/C=C\CCC(=O)OCC(COC(=O)CCCCCCCCCCC/C=C\C/C=C\CCCCC)OC(=O)CCCCC/C=C\C/C=C\C/C=C\C/C=C\C/C=C\CC. The lowest BCUT2D eigenvalue weighted by Crippen LogP contribution is -2.30. The van der Waals surface area contributed by atoms with E-state index in [9.17, 15) is 14.4 Å². The molecule has 1 atom stereocenters. The van der Waals surface area contributed by atoms with Crippen molar-refractivity contribution in [2.24, 2.45) is 0 Å². The van der Waals surface area contributed by atoms with Crippen molar-refractivity contribution in [2.45, 2.75) is 245 Å². The number of ether oxygens (including phenoxy) is 3. The van der Waals surface area contributed by atoms with Gasteiger partial charge in [0.15, 0.2) is 6.10 Å². The molecule has 0 aliphatic carbocycles. The Hall–Kier alpha value is -4.97. The highest BCUT2D eigenvalue weighted by Gasteiger charge is 2.19. The van der Waals surface area contributed by atoms with Crippen molar-refractivity contribution >= 4 is 17.9 Å². The summed E-state index contributed by atoms with van der Waals surface area (Å²) < 4.78 is 16.8. The Morgan fingerprint density at radius 1 is 0.280 bits per heavy atom. The quantitative estimate of drug-likeness (QED) is 0.0261. The maximum atomic E-state index is 12.9. The van der Waals surface area contributed by atoms with Crippen LogP contribution in [0.3, 0.4) is 0 Å². The first-order chi connectivity index (χ1) is 37.0. The summed E-state index contributed by atoms with van der Waals surface area (Å²) in [4.78, 5) is 38.2. The summed E-state index contributed by atoms with van der Waals surface area (Å²) in [6, 6.07) is 0. The van der Waals surface area contributed by atoms with E-state index in [4.69, 9.17) is 14.2 Å². The van der Waals surface area contributed by atoms with Gasteiger partial charge in [0.2, 0.25) is 0 Å². The normalized spacial score (nSPS) is 13.3. The van der Waals surface area contributed by atoms with Crippen molar-refractivity contribution in [1.29, 1.82) is 0 Å². The first kappa shape index (κ1) is 70.0. The minimum atomic E-state index is -0.837. The fourth-order valence-corrected chi connectivity index (χ4v) is 7.58. The second-order valence-corrected chi connectivity index (χ2v) is 19.1. The zero-order valence-corrected chi connectivity index (χ0v) is 48.0. The van der Waals surface area contributed by atoms with Crippen LogP contribution in [-0.4, -0.2) is 37.2 Å². The standard InChI is InChI=1S/C69H108O6/c1-4-7-10-13-16-19-22-25-28-31-34-37-40-43-46-49-52-55-58-61-67(70)73-64-66(75-69(72)63-60-57-54-51-48-45-42-39-36-33-30-27-24-21-18-15-12-9-6-3)65-74-68(71)62-59-56-53-50-47-44-41-38-35-32-29-26-23-20-17-14-11-8-5-2/h7,9-10,12,16-21,25-30,34,36-37,39,43,45-46,48,52,55,66H,4-6,8,11,13-15,22-24,31-33,35,38,40-42,44,47,49-51,53-54,56-65H2,1-3H3/b10-7-,12-9-,19-16-,20-17-,21-18-,28-25-,29-26-,30-27-,37-34-,39-36-,46-43-,48-45-,55-52-. The van der Waals surface area contributed by atoms with Gasteiger partial charge in [-0.2, -0.15) is 0 Å². The second-order valence-electron chi connectivity index (χ2n) is 19.1. The fourth-order valence-electron chi connectivity index (χ4n) is 7.58. The van der Waals surface area contributed by atoms with E-state index in [0.29, 0.717) is 19.3 Å². The minimum Gasteiger partial charge on any atom is -0.462 e. The number of allylic oxidation sites excluding steroid dienone is 26. The van der Waals surface area contributed by atoms with Crippen molar-refractivity contribution < 1.29 is 28.6 Å². The van der Waals surface area contributed by atoms with Crippen molar-refractivity contribution in [3.05, 3.63) is 158 Å². The van der Waals surface area contributed by atoms with Gasteiger partial charge in [0.1, 0.15) is 13.2 Å². The number of carbonyl (C=O) groups excluding carboxylic acids is 3. The molecule has 0 aromatic rings. The smallest absolute Gasteiger partial charge is 0.306 e. The summed E-state index contributed by atoms with van der Waals surface area (Å²) in [5, 5.41) is 0. The van der Waals surface area contributed by atoms with Crippen molar-refractivity contribution in [3.63, 3.8) is 0 Å². The number of unbranched alkanes of at least 4 members (excludes halogenated alkanes) is 15.